The largest absolute Gasteiger partial charge is 0.457 e. The molecule has 2 rings (SSSR count). The highest BCUT2D eigenvalue weighted by Crippen LogP contribution is 2.27. The zero-order valence-electron chi connectivity index (χ0n) is 10.4. The van der Waals surface area contributed by atoms with Crippen LogP contribution in [0.3, 0.4) is 0 Å². The quantitative estimate of drug-likeness (QED) is 0.513. The molecule has 0 atom stereocenters. The molecule has 0 bridgehead atoms. The van der Waals surface area contributed by atoms with Crippen LogP contribution in [0.1, 0.15) is 5.56 Å². The lowest BCUT2D eigenvalue weighted by Crippen LogP contribution is -2.14. The number of hydroxylamine groups is 1. The molecule has 0 aliphatic heterocycles. The lowest BCUT2D eigenvalue weighted by atomic mass is 10.2. The number of hydrogen-bond acceptors (Lipinski definition) is 3. The Morgan fingerprint density at radius 2 is 2.00 bits per heavy atom. The summed E-state index contributed by atoms with van der Waals surface area (Å²) in [5, 5.41) is 9.03. The van der Waals surface area contributed by atoms with E-state index in [1.54, 1.807) is 42.5 Å². The first kappa shape index (κ1) is 14.1. The monoisotopic (exact) mass is 289 g/mol. The number of benzene rings is 2. The van der Waals surface area contributed by atoms with Gasteiger partial charge in [-0.3, -0.25) is 10.0 Å². The predicted octanol–water partition coefficient (Wildman–Crippen LogP) is 3.65. The molecule has 0 aliphatic carbocycles. The van der Waals surface area contributed by atoms with E-state index in [4.69, 9.17) is 21.5 Å². The molecule has 4 nitrogen and oxygen atoms in total. The lowest BCUT2D eigenvalue weighted by molar-refractivity contribution is -0.124. The van der Waals surface area contributed by atoms with Crippen LogP contribution in [-0.4, -0.2) is 11.1 Å². The van der Waals surface area contributed by atoms with Crippen molar-refractivity contribution in [3.05, 3.63) is 65.2 Å². The summed E-state index contributed by atoms with van der Waals surface area (Å²) in [7, 11) is 0. The van der Waals surface area contributed by atoms with Crippen molar-refractivity contribution in [1.29, 1.82) is 0 Å². The maximum atomic E-state index is 11.0. The number of hydrogen-bond donors (Lipinski definition) is 2. The second-order valence-electron chi connectivity index (χ2n) is 3.91. The number of nitrogens with one attached hydrogen (secondary N) is 1. The zero-order valence-corrected chi connectivity index (χ0v) is 11.2. The number of carbonyl (C=O) groups is 1. The van der Waals surface area contributed by atoms with Crippen LogP contribution >= 0.6 is 11.6 Å². The second-order valence-corrected chi connectivity index (χ2v) is 4.34. The third-order valence-electron chi connectivity index (χ3n) is 2.47. The molecule has 0 spiro atoms. The number of halogens is 1. The van der Waals surface area contributed by atoms with Gasteiger partial charge in [0.05, 0.1) is 0 Å². The predicted molar refractivity (Wildman–Crippen MR) is 76.9 cm³/mol. The number of para-hydroxylation sites is 1. The Labute approximate surface area is 121 Å². The van der Waals surface area contributed by atoms with Gasteiger partial charge in [0, 0.05) is 16.7 Å². The fourth-order valence-corrected chi connectivity index (χ4v) is 1.75. The standard InChI is InChI=1S/C15H12ClNO3/c16-12-5-3-6-13(10-12)20-14-7-2-1-4-11(14)8-9-15(18)17-19/h1-10,19H,(H,17,18)/b9-8+. The molecule has 0 saturated heterocycles. The van der Waals surface area contributed by atoms with Gasteiger partial charge >= 0.3 is 0 Å². The molecule has 0 radical (unpaired) electrons. The number of amides is 1. The molecule has 20 heavy (non-hydrogen) atoms. The van der Waals surface area contributed by atoms with E-state index < -0.39 is 5.91 Å². The van der Waals surface area contributed by atoms with Crippen molar-refractivity contribution in [2.24, 2.45) is 0 Å². The van der Waals surface area contributed by atoms with Gasteiger partial charge in [-0.05, 0) is 30.3 Å². The van der Waals surface area contributed by atoms with Crippen molar-refractivity contribution in [3.63, 3.8) is 0 Å². The van der Waals surface area contributed by atoms with Crippen LogP contribution in [-0.2, 0) is 4.79 Å². The van der Waals surface area contributed by atoms with E-state index in [1.165, 1.54) is 11.6 Å². The molecular weight excluding hydrogens is 278 g/mol. The van der Waals surface area contributed by atoms with E-state index in [9.17, 15) is 4.79 Å². The molecular formula is C15H12ClNO3. The molecule has 0 aromatic heterocycles. The zero-order chi connectivity index (χ0) is 14.4. The minimum atomic E-state index is -0.609. The van der Waals surface area contributed by atoms with Crippen molar-refractivity contribution >= 4 is 23.6 Å². The minimum Gasteiger partial charge on any atom is -0.457 e. The molecule has 1 amide bonds. The van der Waals surface area contributed by atoms with Gasteiger partial charge in [0.1, 0.15) is 11.5 Å². The van der Waals surface area contributed by atoms with Crippen molar-refractivity contribution < 1.29 is 14.7 Å². The first-order valence-corrected chi connectivity index (χ1v) is 6.21. The smallest absolute Gasteiger partial charge is 0.267 e. The molecule has 102 valence electrons. The molecule has 2 aromatic rings. The molecule has 0 heterocycles. The average Bonchev–Trinajstić information content (AvgIpc) is 2.46. The van der Waals surface area contributed by atoms with Gasteiger partial charge in [-0.2, -0.15) is 0 Å². The van der Waals surface area contributed by atoms with Crippen LogP contribution < -0.4 is 10.2 Å². The summed E-state index contributed by atoms with van der Waals surface area (Å²) in [5.41, 5.74) is 2.23. The minimum absolute atomic E-state index is 0.579. The van der Waals surface area contributed by atoms with Crippen LogP contribution in [0.15, 0.2) is 54.6 Å². The number of ether oxygens (including phenoxy) is 1. The molecule has 5 heteroatoms. The van der Waals surface area contributed by atoms with Gasteiger partial charge in [0.15, 0.2) is 0 Å². The fourth-order valence-electron chi connectivity index (χ4n) is 1.57. The Morgan fingerprint density at radius 1 is 1.20 bits per heavy atom. The summed E-state index contributed by atoms with van der Waals surface area (Å²) < 4.78 is 5.73. The van der Waals surface area contributed by atoms with Crippen LogP contribution in [0.4, 0.5) is 0 Å². The maximum absolute atomic E-state index is 11.0. The summed E-state index contributed by atoms with van der Waals surface area (Å²) >= 11 is 5.90. The Bertz CT molecular complexity index is 641. The topological polar surface area (TPSA) is 58.6 Å². The Kier molecular flexibility index (Phi) is 4.76. The van der Waals surface area contributed by atoms with Gasteiger partial charge in [-0.25, -0.2) is 5.48 Å². The highest BCUT2D eigenvalue weighted by molar-refractivity contribution is 6.30. The first-order valence-electron chi connectivity index (χ1n) is 5.83. The molecule has 0 fully saturated rings. The van der Waals surface area contributed by atoms with Gasteiger partial charge in [-0.1, -0.05) is 35.9 Å². The molecule has 2 aromatic carbocycles. The van der Waals surface area contributed by atoms with E-state index in [0.717, 1.165) is 0 Å². The SMILES string of the molecule is O=C(/C=C/c1ccccc1Oc1cccc(Cl)c1)NO. The third kappa shape index (κ3) is 3.85. The summed E-state index contributed by atoms with van der Waals surface area (Å²) in [6, 6.07) is 14.2. The Balaban J connectivity index is 2.24. The molecule has 0 unspecified atom stereocenters. The molecule has 0 saturated carbocycles. The summed E-state index contributed by atoms with van der Waals surface area (Å²) in [6.07, 6.45) is 2.76. The van der Waals surface area contributed by atoms with Crippen molar-refractivity contribution in [2.75, 3.05) is 0 Å². The van der Waals surface area contributed by atoms with Gasteiger partial charge in [-0.15, -0.1) is 0 Å². The molecule has 2 N–H and O–H groups in total. The fraction of sp³-hybridized carbons (Fsp3) is 0. The van der Waals surface area contributed by atoms with Crippen molar-refractivity contribution in [3.8, 4) is 11.5 Å². The van der Waals surface area contributed by atoms with E-state index >= 15 is 0 Å². The van der Waals surface area contributed by atoms with Gasteiger partial charge in [0.25, 0.3) is 5.91 Å². The maximum Gasteiger partial charge on any atom is 0.267 e. The van der Waals surface area contributed by atoms with Crippen LogP contribution in [0.2, 0.25) is 5.02 Å². The van der Waals surface area contributed by atoms with E-state index in [2.05, 4.69) is 0 Å². The Morgan fingerprint density at radius 3 is 2.75 bits per heavy atom. The van der Waals surface area contributed by atoms with Crippen LogP contribution in [0, 0.1) is 0 Å². The molecule has 0 aliphatic rings. The van der Waals surface area contributed by atoms with Crippen LogP contribution in [0.25, 0.3) is 6.08 Å². The van der Waals surface area contributed by atoms with E-state index in [1.807, 2.05) is 12.1 Å². The van der Waals surface area contributed by atoms with Gasteiger partial charge < -0.3 is 4.74 Å². The lowest BCUT2D eigenvalue weighted by Gasteiger charge is -2.08. The van der Waals surface area contributed by atoms with Crippen molar-refractivity contribution in [1.82, 2.24) is 5.48 Å². The second kappa shape index (κ2) is 6.75. The average molecular weight is 290 g/mol. The van der Waals surface area contributed by atoms with Gasteiger partial charge in [0.2, 0.25) is 0 Å². The summed E-state index contributed by atoms with van der Waals surface area (Å²) in [6.45, 7) is 0. The van der Waals surface area contributed by atoms with Crippen LogP contribution in [0.5, 0.6) is 11.5 Å². The summed E-state index contributed by atoms with van der Waals surface area (Å²) in [4.78, 5) is 11.0. The highest BCUT2D eigenvalue weighted by atomic mass is 35.5. The third-order valence-corrected chi connectivity index (χ3v) is 2.70. The first-order chi connectivity index (χ1) is 9.69. The van der Waals surface area contributed by atoms with Crippen molar-refractivity contribution in [2.45, 2.75) is 0 Å². The number of carbonyl (C=O) groups excluding carboxylic acids is 1. The Hall–Kier alpha value is -2.30. The number of rotatable bonds is 4. The highest BCUT2D eigenvalue weighted by Gasteiger charge is 2.03. The van der Waals surface area contributed by atoms with E-state index in [0.29, 0.717) is 22.1 Å². The summed E-state index contributed by atoms with van der Waals surface area (Å²) in [5.74, 6) is 0.573. The normalized spacial score (nSPS) is 10.5. The van der Waals surface area contributed by atoms with E-state index in [-0.39, 0.29) is 0 Å².